The van der Waals surface area contributed by atoms with Crippen molar-refractivity contribution in [1.29, 1.82) is 0 Å². The van der Waals surface area contributed by atoms with Crippen LogP contribution in [0, 0.1) is 0 Å². The van der Waals surface area contributed by atoms with Gasteiger partial charge in [0.15, 0.2) is 5.96 Å². The lowest BCUT2D eigenvalue weighted by Crippen LogP contribution is -2.57. The highest BCUT2D eigenvalue weighted by molar-refractivity contribution is 7.80. The number of hydrogen-bond donors (Lipinski definition) is 8. The van der Waals surface area contributed by atoms with E-state index in [1.165, 1.54) is 0 Å². The molecule has 1 heterocycles. The maximum absolute atomic E-state index is 13.3. The van der Waals surface area contributed by atoms with Crippen LogP contribution in [0.25, 0.3) is 0 Å². The molecule has 0 bridgehead atoms. The van der Waals surface area contributed by atoms with E-state index in [4.69, 9.17) is 11.5 Å². The molecule has 4 unspecified atom stereocenters. The molecule has 1 aliphatic heterocycles. The zero-order chi connectivity index (χ0) is 26.5. The lowest BCUT2D eigenvalue weighted by Gasteiger charge is -2.25. The van der Waals surface area contributed by atoms with E-state index in [0.29, 0.717) is 12.8 Å². The largest absolute Gasteiger partial charge is 0.480 e. The fourth-order valence-corrected chi connectivity index (χ4v) is 3.99. The van der Waals surface area contributed by atoms with Gasteiger partial charge in [-0.3, -0.25) is 19.4 Å². The molecule has 1 saturated heterocycles. The number of guanidine groups is 1. The molecule has 0 saturated carbocycles. The Labute approximate surface area is 215 Å². The number of benzene rings is 1. The normalized spacial score (nSPS) is 17.3. The summed E-state index contributed by atoms with van der Waals surface area (Å²) in [4.78, 5) is 54.2. The van der Waals surface area contributed by atoms with Crippen molar-refractivity contribution in [3.8, 4) is 0 Å². The first-order valence-corrected chi connectivity index (χ1v) is 12.4. The van der Waals surface area contributed by atoms with E-state index in [0.717, 1.165) is 18.5 Å². The van der Waals surface area contributed by atoms with Gasteiger partial charge < -0.3 is 37.8 Å². The standard InChI is InChI=1S/C23H35N7O5S/c24-23(25)27-11-5-9-16(20(32)30-18(13-36)22(34)35)28-21(33)17(12-14-6-2-1-3-7-14)29-19(31)15-8-4-10-26-15/h1-3,6-7,15-18,26,36H,4-5,8-13H2,(H,28,33)(H,29,31)(H,30,32)(H,34,35)(H4,24,25,27). The number of rotatable bonds is 14. The minimum Gasteiger partial charge on any atom is -0.480 e. The first-order valence-electron chi connectivity index (χ1n) is 11.8. The predicted molar refractivity (Wildman–Crippen MR) is 138 cm³/mol. The summed E-state index contributed by atoms with van der Waals surface area (Å²) in [6.07, 6.45) is 2.23. The molecule has 12 nitrogen and oxygen atoms in total. The summed E-state index contributed by atoms with van der Waals surface area (Å²) < 4.78 is 0. The molecule has 1 aromatic rings. The van der Waals surface area contributed by atoms with E-state index in [2.05, 4.69) is 38.9 Å². The van der Waals surface area contributed by atoms with E-state index in [1.54, 1.807) is 0 Å². The van der Waals surface area contributed by atoms with Crippen LogP contribution >= 0.6 is 12.6 Å². The molecule has 4 atom stereocenters. The number of carboxylic acid groups (broad SMARTS) is 1. The van der Waals surface area contributed by atoms with Gasteiger partial charge in [0.25, 0.3) is 0 Å². The smallest absolute Gasteiger partial charge is 0.327 e. The van der Waals surface area contributed by atoms with Crippen LogP contribution in [0.4, 0.5) is 0 Å². The van der Waals surface area contributed by atoms with Gasteiger partial charge in [-0.25, -0.2) is 4.79 Å². The third-order valence-electron chi connectivity index (χ3n) is 5.67. The van der Waals surface area contributed by atoms with Crippen LogP contribution in [0.5, 0.6) is 0 Å². The molecular weight excluding hydrogens is 486 g/mol. The van der Waals surface area contributed by atoms with Gasteiger partial charge in [-0.15, -0.1) is 0 Å². The van der Waals surface area contributed by atoms with Crippen LogP contribution in [0.3, 0.4) is 0 Å². The molecule has 3 amide bonds. The van der Waals surface area contributed by atoms with Crippen molar-refractivity contribution in [2.75, 3.05) is 18.8 Å². The van der Waals surface area contributed by atoms with Crippen LogP contribution in [-0.2, 0) is 25.6 Å². The van der Waals surface area contributed by atoms with Crippen molar-refractivity contribution >= 4 is 42.3 Å². The Kier molecular flexibility index (Phi) is 12.0. The zero-order valence-corrected chi connectivity index (χ0v) is 20.9. The molecule has 1 aromatic carbocycles. The number of carbonyl (C=O) groups is 4. The van der Waals surface area contributed by atoms with Crippen molar-refractivity contribution in [3.05, 3.63) is 35.9 Å². The molecule has 1 aliphatic rings. The average Bonchev–Trinajstić information content (AvgIpc) is 3.39. The molecular formula is C23H35N7O5S. The maximum Gasteiger partial charge on any atom is 0.327 e. The molecule has 198 valence electrons. The van der Waals surface area contributed by atoms with E-state index < -0.39 is 35.9 Å². The Morgan fingerprint density at radius 3 is 2.31 bits per heavy atom. The second-order valence-corrected chi connectivity index (χ2v) is 8.86. The molecule has 1 fully saturated rings. The number of thiol groups is 1. The monoisotopic (exact) mass is 521 g/mol. The van der Waals surface area contributed by atoms with Crippen molar-refractivity contribution < 1.29 is 24.3 Å². The van der Waals surface area contributed by atoms with Gasteiger partial charge in [-0.05, 0) is 37.8 Å². The number of carbonyl (C=O) groups excluding carboxylic acids is 3. The third-order valence-corrected chi connectivity index (χ3v) is 6.03. The topological polar surface area (TPSA) is 201 Å². The van der Waals surface area contributed by atoms with Gasteiger partial charge in [-0.1, -0.05) is 30.3 Å². The Morgan fingerprint density at radius 2 is 1.72 bits per heavy atom. The Bertz CT molecular complexity index is 921. The molecule has 2 rings (SSSR count). The summed E-state index contributed by atoms with van der Waals surface area (Å²) in [5, 5.41) is 20.2. The van der Waals surface area contributed by atoms with Gasteiger partial charge in [-0.2, -0.15) is 12.6 Å². The van der Waals surface area contributed by atoms with E-state index >= 15 is 0 Å². The SMILES string of the molecule is NC(N)=NCCCC(NC(=O)C(Cc1ccccc1)NC(=O)C1CCCN1)C(=O)NC(CS)C(=O)O. The van der Waals surface area contributed by atoms with Crippen LogP contribution < -0.4 is 32.7 Å². The summed E-state index contributed by atoms with van der Waals surface area (Å²) in [7, 11) is 0. The Balaban J connectivity index is 2.17. The van der Waals surface area contributed by atoms with Crippen molar-refractivity contribution in [2.24, 2.45) is 16.5 Å². The van der Waals surface area contributed by atoms with Gasteiger partial charge in [0, 0.05) is 18.7 Å². The first kappa shape index (κ1) is 28.9. The van der Waals surface area contributed by atoms with Crippen molar-refractivity contribution in [3.63, 3.8) is 0 Å². The quantitative estimate of drug-likeness (QED) is 0.0625. The summed E-state index contributed by atoms with van der Waals surface area (Å²) >= 11 is 3.96. The molecule has 0 aromatic heterocycles. The van der Waals surface area contributed by atoms with Gasteiger partial charge >= 0.3 is 5.97 Å². The van der Waals surface area contributed by atoms with Crippen LogP contribution in [-0.4, -0.2) is 77.8 Å². The zero-order valence-electron chi connectivity index (χ0n) is 20.0. The minimum atomic E-state index is -1.25. The fourth-order valence-electron chi connectivity index (χ4n) is 3.74. The summed E-state index contributed by atoms with van der Waals surface area (Å²) in [6.45, 7) is 0.940. The van der Waals surface area contributed by atoms with Crippen LogP contribution in [0.1, 0.15) is 31.2 Å². The summed E-state index contributed by atoms with van der Waals surface area (Å²) in [5.41, 5.74) is 11.5. The van der Waals surface area contributed by atoms with Gasteiger partial charge in [0.05, 0.1) is 6.04 Å². The molecule has 0 spiro atoms. The lowest BCUT2D eigenvalue weighted by molar-refractivity contribution is -0.141. The highest BCUT2D eigenvalue weighted by Gasteiger charge is 2.31. The molecule has 0 radical (unpaired) electrons. The second-order valence-electron chi connectivity index (χ2n) is 8.49. The number of nitrogens with one attached hydrogen (secondary N) is 4. The van der Waals surface area contributed by atoms with Gasteiger partial charge in [0.1, 0.15) is 18.1 Å². The molecule has 0 aliphatic carbocycles. The molecule has 13 heteroatoms. The van der Waals surface area contributed by atoms with E-state index in [9.17, 15) is 24.3 Å². The minimum absolute atomic E-state index is 0.104. The third kappa shape index (κ3) is 9.74. The first-order chi connectivity index (χ1) is 17.2. The molecule has 36 heavy (non-hydrogen) atoms. The number of carboxylic acids is 1. The number of aliphatic carboxylic acids is 1. The number of amides is 3. The summed E-state index contributed by atoms with van der Waals surface area (Å²) in [5.74, 6) is -3.02. The Hall–Kier alpha value is -3.32. The van der Waals surface area contributed by atoms with Crippen LogP contribution in [0.15, 0.2) is 35.3 Å². The second kappa shape index (κ2) is 14.9. The maximum atomic E-state index is 13.3. The van der Waals surface area contributed by atoms with Gasteiger partial charge in [0.2, 0.25) is 17.7 Å². The van der Waals surface area contributed by atoms with Crippen LogP contribution in [0.2, 0.25) is 0 Å². The van der Waals surface area contributed by atoms with E-state index in [1.807, 2.05) is 30.3 Å². The summed E-state index contributed by atoms with van der Waals surface area (Å²) in [6, 6.07) is 5.53. The van der Waals surface area contributed by atoms with Crippen molar-refractivity contribution in [2.45, 2.75) is 56.3 Å². The number of nitrogens with two attached hydrogens (primary N) is 2. The highest BCUT2D eigenvalue weighted by Crippen LogP contribution is 2.09. The van der Waals surface area contributed by atoms with E-state index in [-0.39, 0.29) is 43.0 Å². The predicted octanol–water partition coefficient (Wildman–Crippen LogP) is -1.50. The number of aliphatic imine (C=N–C) groups is 1. The van der Waals surface area contributed by atoms with Crippen molar-refractivity contribution in [1.82, 2.24) is 21.3 Å². The number of nitrogens with zero attached hydrogens (tertiary/aromatic N) is 1. The Morgan fingerprint density at radius 1 is 1.06 bits per heavy atom. The molecule has 9 N–H and O–H groups in total. The number of hydrogen-bond acceptors (Lipinski definition) is 7. The lowest BCUT2D eigenvalue weighted by atomic mass is 10.0. The average molecular weight is 522 g/mol. The fraction of sp³-hybridized carbons (Fsp3) is 0.522. The highest BCUT2D eigenvalue weighted by atomic mass is 32.1.